The number of nitrogens with one attached hydrogen (secondary N) is 2. The lowest BCUT2D eigenvalue weighted by atomic mass is 9.97. The molecule has 140 valence electrons. The van der Waals surface area contributed by atoms with Gasteiger partial charge in [0.15, 0.2) is 23.2 Å². The molecule has 2 aromatic heterocycles. The summed E-state index contributed by atoms with van der Waals surface area (Å²) in [5.74, 6) is -0.480. The first-order chi connectivity index (χ1) is 12.4. The SMILES string of the molecule is O=C(Nc1ncc(C2CCNCC2)s1)c1ncccc1OCC(F)(F)F. The molecule has 6 nitrogen and oxygen atoms in total. The average molecular weight is 386 g/mol. The zero-order valence-corrected chi connectivity index (χ0v) is 14.5. The number of hydrogen-bond donors (Lipinski definition) is 2. The summed E-state index contributed by atoms with van der Waals surface area (Å²) in [6.07, 6.45) is 0.562. The van der Waals surface area contributed by atoms with Crippen molar-refractivity contribution in [1.82, 2.24) is 15.3 Å². The number of pyridine rings is 1. The number of rotatable bonds is 5. The van der Waals surface area contributed by atoms with Crippen molar-refractivity contribution < 1.29 is 22.7 Å². The van der Waals surface area contributed by atoms with E-state index in [1.807, 2.05) is 0 Å². The molecule has 1 aliphatic heterocycles. The van der Waals surface area contributed by atoms with Gasteiger partial charge in [-0.1, -0.05) is 0 Å². The van der Waals surface area contributed by atoms with Gasteiger partial charge in [-0.05, 0) is 44.0 Å². The Morgan fingerprint density at radius 2 is 2.12 bits per heavy atom. The third-order valence-electron chi connectivity index (χ3n) is 3.86. The minimum Gasteiger partial charge on any atom is -0.482 e. The number of aromatic nitrogens is 2. The highest BCUT2D eigenvalue weighted by molar-refractivity contribution is 7.15. The van der Waals surface area contributed by atoms with Gasteiger partial charge in [-0.25, -0.2) is 9.97 Å². The second-order valence-corrected chi connectivity index (χ2v) is 6.86. The summed E-state index contributed by atoms with van der Waals surface area (Å²) in [7, 11) is 0. The Morgan fingerprint density at radius 3 is 2.85 bits per heavy atom. The van der Waals surface area contributed by atoms with E-state index in [4.69, 9.17) is 0 Å². The van der Waals surface area contributed by atoms with E-state index in [0.717, 1.165) is 30.8 Å². The number of nitrogens with zero attached hydrogens (tertiary/aromatic N) is 2. The van der Waals surface area contributed by atoms with Crippen molar-refractivity contribution in [2.24, 2.45) is 0 Å². The quantitative estimate of drug-likeness (QED) is 0.825. The highest BCUT2D eigenvalue weighted by atomic mass is 32.1. The third kappa shape index (κ3) is 4.92. The van der Waals surface area contributed by atoms with Crippen molar-refractivity contribution in [3.05, 3.63) is 35.1 Å². The number of piperidine rings is 1. The van der Waals surface area contributed by atoms with Crippen molar-refractivity contribution in [1.29, 1.82) is 0 Å². The molecule has 0 saturated carbocycles. The van der Waals surface area contributed by atoms with Gasteiger partial charge in [-0.3, -0.25) is 10.1 Å². The van der Waals surface area contributed by atoms with E-state index in [1.165, 1.54) is 29.7 Å². The van der Waals surface area contributed by atoms with Crippen LogP contribution in [0.25, 0.3) is 0 Å². The first kappa shape index (κ1) is 18.6. The minimum absolute atomic E-state index is 0.213. The van der Waals surface area contributed by atoms with Gasteiger partial charge in [0.05, 0.1) is 0 Å². The zero-order valence-electron chi connectivity index (χ0n) is 13.7. The zero-order chi connectivity index (χ0) is 18.6. The van der Waals surface area contributed by atoms with Crippen LogP contribution in [0, 0.1) is 0 Å². The molecule has 2 N–H and O–H groups in total. The second kappa shape index (κ2) is 8.00. The predicted octanol–water partition coefficient (Wildman–Crippen LogP) is 3.20. The van der Waals surface area contributed by atoms with Gasteiger partial charge in [0, 0.05) is 17.3 Å². The first-order valence-corrected chi connectivity index (χ1v) is 8.86. The van der Waals surface area contributed by atoms with Crippen LogP contribution in [0.1, 0.15) is 34.1 Å². The molecule has 0 aromatic carbocycles. The normalized spacial score (nSPS) is 15.7. The van der Waals surface area contributed by atoms with E-state index in [-0.39, 0.29) is 11.4 Å². The fourth-order valence-corrected chi connectivity index (χ4v) is 3.61. The number of anilines is 1. The van der Waals surface area contributed by atoms with Crippen molar-refractivity contribution >= 4 is 22.4 Å². The number of thiazole rings is 1. The monoisotopic (exact) mass is 386 g/mol. The van der Waals surface area contributed by atoms with Gasteiger partial charge in [0.1, 0.15) is 0 Å². The number of carbonyl (C=O) groups is 1. The molecule has 26 heavy (non-hydrogen) atoms. The van der Waals surface area contributed by atoms with Crippen LogP contribution in [0.4, 0.5) is 18.3 Å². The lowest BCUT2D eigenvalue weighted by molar-refractivity contribution is -0.153. The van der Waals surface area contributed by atoms with Crippen molar-refractivity contribution in [2.45, 2.75) is 24.9 Å². The number of ether oxygens (including phenoxy) is 1. The number of amides is 1. The van der Waals surface area contributed by atoms with E-state index < -0.39 is 18.7 Å². The Hall–Kier alpha value is -2.20. The molecule has 1 aliphatic rings. The van der Waals surface area contributed by atoms with Crippen LogP contribution in [0.15, 0.2) is 24.5 Å². The summed E-state index contributed by atoms with van der Waals surface area (Å²) in [5, 5.41) is 6.26. The second-order valence-electron chi connectivity index (χ2n) is 5.80. The van der Waals surface area contributed by atoms with Crippen LogP contribution in [0.3, 0.4) is 0 Å². The van der Waals surface area contributed by atoms with Crippen LogP contribution < -0.4 is 15.4 Å². The fourth-order valence-electron chi connectivity index (χ4n) is 2.63. The number of hydrogen-bond acceptors (Lipinski definition) is 6. The van der Waals surface area contributed by atoms with Crippen molar-refractivity contribution in [3.63, 3.8) is 0 Å². The molecular formula is C16H17F3N4O2S. The molecule has 3 rings (SSSR count). The summed E-state index contributed by atoms with van der Waals surface area (Å²) >= 11 is 1.37. The molecular weight excluding hydrogens is 369 g/mol. The minimum atomic E-state index is -4.50. The Labute approximate surface area is 151 Å². The summed E-state index contributed by atoms with van der Waals surface area (Å²) in [6.45, 7) is 0.395. The Balaban J connectivity index is 1.67. The summed E-state index contributed by atoms with van der Waals surface area (Å²) in [6, 6.07) is 2.68. The number of alkyl halides is 3. The molecule has 1 amide bonds. The van der Waals surface area contributed by atoms with Gasteiger partial charge >= 0.3 is 6.18 Å². The molecule has 0 atom stereocenters. The topological polar surface area (TPSA) is 76.1 Å². The molecule has 0 bridgehead atoms. The molecule has 0 radical (unpaired) electrons. The molecule has 10 heteroatoms. The lowest BCUT2D eigenvalue weighted by Crippen LogP contribution is -2.26. The maximum absolute atomic E-state index is 12.4. The molecule has 1 saturated heterocycles. The summed E-state index contributed by atoms with van der Waals surface area (Å²) in [4.78, 5) is 21.5. The number of carbonyl (C=O) groups excluding carboxylic acids is 1. The first-order valence-electron chi connectivity index (χ1n) is 8.05. The highest BCUT2D eigenvalue weighted by Crippen LogP contribution is 2.32. The molecule has 2 aromatic rings. The standard InChI is InChI=1S/C16H17F3N4O2S/c17-16(18,19)9-25-11-2-1-5-21-13(11)14(24)23-15-22-8-12(26-15)10-3-6-20-7-4-10/h1-2,5,8,10,20H,3-4,6-7,9H2,(H,22,23,24). The maximum Gasteiger partial charge on any atom is 0.422 e. The van der Waals surface area contributed by atoms with Gasteiger partial charge in [0.25, 0.3) is 5.91 Å². The largest absolute Gasteiger partial charge is 0.482 e. The predicted molar refractivity (Wildman–Crippen MR) is 90.7 cm³/mol. The van der Waals surface area contributed by atoms with Crippen LogP contribution in [-0.2, 0) is 0 Å². The van der Waals surface area contributed by atoms with E-state index in [1.54, 1.807) is 6.20 Å². The Kier molecular flexibility index (Phi) is 5.72. The lowest BCUT2D eigenvalue weighted by Gasteiger charge is -2.20. The third-order valence-corrected chi connectivity index (χ3v) is 4.94. The Morgan fingerprint density at radius 1 is 1.35 bits per heavy atom. The average Bonchev–Trinajstić information content (AvgIpc) is 3.09. The van der Waals surface area contributed by atoms with Crippen LogP contribution in [0.5, 0.6) is 5.75 Å². The molecule has 0 aliphatic carbocycles. The smallest absolute Gasteiger partial charge is 0.422 e. The van der Waals surface area contributed by atoms with E-state index in [2.05, 4.69) is 25.3 Å². The fraction of sp³-hybridized carbons (Fsp3) is 0.438. The van der Waals surface area contributed by atoms with E-state index in [0.29, 0.717) is 11.0 Å². The number of halogens is 3. The van der Waals surface area contributed by atoms with Crippen molar-refractivity contribution in [2.75, 3.05) is 25.0 Å². The molecule has 3 heterocycles. The van der Waals surface area contributed by atoms with Crippen LogP contribution >= 0.6 is 11.3 Å². The van der Waals surface area contributed by atoms with Crippen molar-refractivity contribution in [3.8, 4) is 5.75 Å². The Bertz CT molecular complexity index is 760. The van der Waals surface area contributed by atoms with Gasteiger partial charge < -0.3 is 10.1 Å². The summed E-state index contributed by atoms with van der Waals surface area (Å²) < 4.78 is 41.7. The summed E-state index contributed by atoms with van der Waals surface area (Å²) in [5.41, 5.74) is -0.213. The highest BCUT2D eigenvalue weighted by Gasteiger charge is 2.29. The molecule has 0 spiro atoms. The van der Waals surface area contributed by atoms with Gasteiger partial charge in [-0.15, -0.1) is 11.3 Å². The van der Waals surface area contributed by atoms with E-state index in [9.17, 15) is 18.0 Å². The maximum atomic E-state index is 12.4. The van der Waals surface area contributed by atoms with E-state index >= 15 is 0 Å². The molecule has 1 fully saturated rings. The van der Waals surface area contributed by atoms with Gasteiger partial charge in [0.2, 0.25) is 0 Å². The van der Waals surface area contributed by atoms with Crippen LogP contribution in [-0.4, -0.2) is 41.7 Å². The van der Waals surface area contributed by atoms with Gasteiger partial charge in [-0.2, -0.15) is 13.2 Å². The van der Waals surface area contributed by atoms with Crippen LogP contribution in [0.2, 0.25) is 0 Å². The molecule has 0 unspecified atom stereocenters.